The molecular weight excluding hydrogens is 824 g/mol. The molecule has 0 aliphatic carbocycles. The molecule has 6 unspecified atom stereocenters. The molecule has 1 aromatic rings. The number of cyclic esters (lactones) is 1. The number of nitrogens with zero attached hydrogens (tertiary/aromatic N) is 4. The van der Waals surface area contributed by atoms with Crippen molar-refractivity contribution in [2.75, 3.05) is 21.1 Å². The molecule has 18 heteroatoms. The maximum atomic E-state index is 14.6. The third kappa shape index (κ3) is 17.1. The third-order valence-electron chi connectivity index (χ3n) is 11.2. The van der Waals surface area contributed by atoms with Crippen LogP contribution in [-0.4, -0.2) is 126 Å². The van der Waals surface area contributed by atoms with Crippen LogP contribution in [0.4, 0.5) is 13.2 Å². The van der Waals surface area contributed by atoms with Gasteiger partial charge in [0.2, 0.25) is 29.5 Å². The van der Waals surface area contributed by atoms with E-state index in [9.17, 15) is 52.0 Å². The lowest BCUT2D eigenvalue weighted by Crippen LogP contribution is -2.60. The van der Waals surface area contributed by atoms with Gasteiger partial charge in [0.05, 0.1) is 12.5 Å². The van der Waals surface area contributed by atoms with Gasteiger partial charge in [0.15, 0.2) is 6.10 Å². The molecule has 3 N–H and O–H groups in total. The average Bonchev–Trinajstić information content (AvgIpc) is 3.21. The summed E-state index contributed by atoms with van der Waals surface area (Å²) < 4.78 is 47.8. The predicted octanol–water partition coefficient (Wildman–Crippen LogP) is 4.67. The molecule has 0 saturated carbocycles. The van der Waals surface area contributed by atoms with Gasteiger partial charge >= 0.3 is 12.1 Å². The van der Waals surface area contributed by atoms with Crippen molar-refractivity contribution >= 4 is 41.4 Å². The number of alkyl halides is 3. The van der Waals surface area contributed by atoms with Crippen LogP contribution < -0.4 is 16.0 Å². The monoisotopic (exact) mass is 892 g/mol. The number of halogens is 3. The lowest BCUT2D eigenvalue weighted by molar-refractivity contribution is -0.166. The van der Waals surface area contributed by atoms with Crippen LogP contribution in [0.2, 0.25) is 0 Å². The summed E-state index contributed by atoms with van der Waals surface area (Å²) in [4.78, 5) is 102. The number of likely N-dealkylation sites (N-methyl/N-ethyl adjacent to an activating group) is 3. The highest BCUT2D eigenvalue weighted by atomic mass is 19.4. The molecule has 1 fully saturated rings. The number of nitriles is 1. The molecule has 352 valence electrons. The molecule has 6 amide bonds. The summed E-state index contributed by atoms with van der Waals surface area (Å²) in [6.45, 7) is 12.3. The van der Waals surface area contributed by atoms with Crippen LogP contribution in [0.3, 0.4) is 0 Å². The first-order valence-corrected chi connectivity index (χ1v) is 21.8. The summed E-state index contributed by atoms with van der Waals surface area (Å²) in [5.41, 5.74) is 0.680. The Morgan fingerprint density at radius 1 is 0.730 bits per heavy atom. The number of esters is 1. The number of hydrogen-bond donors (Lipinski definition) is 3. The van der Waals surface area contributed by atoms with E-state index in [-0.39, 0.29) is 49.9 Å². The Morgan fingerprint density at radius 3 is 1.78 bits per heavy atom. The Hall–Kier alpha value is -5.21. The highest BCUT2D eigenvalue weighted by Gasteiger charge is 2.43. The average molecular weight is 892 g/mol. The van der Waals surface area contributed by atoms with Gasteiger partial charge in [-0.05, 0) is 49.5 Å². The minimum Gasteiger partial charge on any atom is -0.451 e. The molecule has 0 radical (unpaired) electrons. The molecule has 1 aliphatic heterocycles. The van der Waals surface area contributed by atoms with E-state index in [2.05, 4.69) is 16.0 Å². The molecule has 8 atom stereocenters. The second-order valence-corrected chi connectivity index (χ2v) is 17.6. The standard InChI is InChI=1S/C45H68F3N7O8/c1-11-12-17-29(6)24-33-41(59)53(8)30(7)44(62)63-37(20-16-21-49)40(58)52-34(26-45(46,47)48)43(61)54(9)35(23-28(4)5)38(56)50-32(22-27(2)3)42(60)55(10)36(39(57)51-33)25-31-18-14-13-15-19-31/h13-15,18-19,27-30,32-37H,11-12,16-17,20,22-26H2,1-10H3,(H,50,56)(H,51,57)(H,52,58)/t29-,30?,32?,33+,34?,35?,36?,37?/m1/s1. The van der Waals surface area contributed by atoms with Crippen molar-refractivity contribution in [1.29, 1.82) is 5.26 Å². The van der Waals surface area contributed by atoms with Crippen LogP contribution in [0, 0.1) is 29.1 Å². The zero-order valence-electron chi connectivity index (χ0n) is 38.4. The largest absolute Gasteiger partial charge is 0.451 e. The molecule has 15 nitrogen and oxygen atoms in total. The highest BCUT2D eigenvalue weighted by molar-refractivity contribution is 5.97. The summed E-state index contributed by atoms with van der Waals surface area (Å²) in [6, 6.07) is 1.81. The molecule has 1 aromatic carbocycles. The van der Waals surface area contributed by atoms with Gasteiger partial charge in [-0.1, -0.05) is 91.1 Å². The number of carbonyl (C=O) groups excluding carboxylic acids is 7. The smallest absolute Gasteiger partial charge is 0.391 e. The molecule has 1 saturated heterocycles. The topological polar surface area (TPSA) is 198 Å². The third-order valence-corrected chi connectivity index (χ3v) is 11.2. The van der Waals surface area contributed by atoms with Gasteiger partial charge in [-0.2, -0.15) is 18.4 Å². The molecule has 1 aliphatic rings. The van der Waals surface area contributed by atoms with Gasteiger partial charge in [-0.25, -0.2) is 4.79 Å². The number of rotatable bonds is 14. The van der Waals surface area contributed by atoms with Crippen molar-refractivity contribution < 1.29 is 51.5 Å². The van der Waals surface area contributed by atoms with Crippen LogP contribution >= 0.6 is 0 Å². The highest BCUT2D eigenvalue weighted by Crippen LogP contribution is 2.25. The Bertz CT molecular complexity index is 1760. The Labute approximate surface area is 370 Å². The van der Waals surface area contributed by atoms with Crippen LogP contribution in [0.5, 0.6) is 0 Å². The van der Waals surface area contributed by atoms with E-state index in [4.69, 9.17) is 4.74 Å². The number of nitrogens with one attached hydrogen (secondary N) is 3. The minimum atomic E-state index is -5.00. The fraction of sp³-hybridized carbons (Fsp3) is 0.689. The van der Waals surface area contributed by atoms with E-state index in [0.29, 0.717) is 12.0 Å². The van der Waals surface area contributed by atoms with Crippen LogP contribution in [0.1, 0.15) is 112 Å². The summed E-state index contributed by atoms with van der Waals surface area (Å²) in [5, 5.41) is 17.0. The minimum absolute atomic E-state index is 0.00104. The van der Waals surface area contributed by atoms with Crippen LogP contribution in [0.25, 0.3) is 0 Å². The van der Waals surface area contributed by atoms with E-state index in [1.54, 1.807) is 50.2 Å². The predicted molar refractivity (Wildman–Crippen MR) is 229 cm³/mol. The molecule has 0 bridgehead atoms. The maximum Gasteiger partial charge on any atom is 0.391 e. The fourth-order valence-electron chi connectivity index (χ4n) is 7.42. The summed E-state index contributed by atoms with van der Waals surface area (Å²) in [6.07, 6.45) is -6.98. The zero-order chi connectivity index (χ0) is 47.8. The van der Waals surface area contributed by atoms with Crippen molar-refractivity contribution in [1.82, 2.24) is 30.7 Å². The SMILES string of the molecule is CCCC[C@@H](C)C[C@@H]1NC(=O)C(Cc2ccccc2)N(C)C(=O)C(CC(C)C)NC(=O)C(CC(C)C)N(C)C(=O)C(CC(F)(F)F)NC(=O)C(CCC#N)OC(=O)C(C)N(C)C1=O. The maximum absolute atomic E-state index is 14.6. The lowest BCUT2D eigenvalue weighted by Gasteiger charge is -2.35. The van der Waals surface area contributed by atoms with Gasteiger partial charge in [0.25, 0.3) is 5.91 Å². The normalized spacial score (nSPS) is 25.0. The number of hydrogen-bond acceptors (Lipinski definition) is 9. The van der Waals surface area contributed by atoms with Gasteiger partial charge in [-0.3, -0.25) is 28.8 Å². The lowest BCUT2D eigenvalue weighted by atomic mass is 9.94. The molecule has 63 heavy (non-hydrogen) atoms. The van der Waals surface area contributed by atoms with Crippen molar-refractivity contribution in [2.45, 2.75) is 161 Å². The molecule has 1 heterocycles. The Balaban J connectivity index is 2.90. The van der Waals surface area contributed by atoms with Crippen molar-refractivity contribution in [3.8, 4) is 6.07 Å². The number of amides is 6. The number of unbranched alkanes of at least 4 members (excludes halogenated alkanes) is 1. The number of ether oxygens (including phenoxy) is 1. The quantitative estimate of drug-likeness (QED) is 0.222. The van der Waals surface area contributed by atoms with E-state index in [1.165, 1.54) is 25.9 Å². The summed E-state index contributed by atoms with van der Waals surface area (Å²) in [5.74, 6) is -7.25. The van der Waals surface area contributed by atoms with E-state index < -0.39 is 103 Å². The van der Waals surface area contributed by atoms with E-state index >= 15 is 0 Å². The second kappa shape index (κ2) is 25.2. The molecule has 0 aromatic heterocycles. The van der Waals surface area contributed by atoms with Crippen molar-refractivity contribution in [3.63, 3.8) is 0 Å². The molecule has 2 rings (SSSR count). The Kier molecular flexibility index (Phi) is 21.6. The van der Waals surface area contributed by atoms with Gasteiger partial charge in [-0.15, -0.1) is 0 Å². The summed E-state index contributed by atoms with van der Waals surface area (Å²) >= 11 is 0. The first-order valence-electron chi connectivity index (χ1n) is 21.8. The van der Waals surface area contributed by atoms with Gasteiger partial charge in [0, 0.05) is 40.4 Å². The van der Waals surface area contributed by atoms with Crippen molar-refractivity contribution in [2.24, 2.45) is 17.8 Å². The zero-order valence-corrected chi connectivity index (χ0v) is 38.4. The van der Waals surface area contributed by atoms with Crippen LogP contribution in [0.15, 0.2) is 30.3 Å². The number of benzene rings is 1. The van der Waals surface area contributed by atoms with Crippen LogP contribution in [-0.2, 0) is 44.7 Å². The number of carbonyl (C=O) groups is 7. The van der Waals surface area contributed by atoms with Gasteiger partial charge < -0.3 is 35.4 Å². The molecule has 0 spiro atoms. The summed E-state index contributed by atoms with van der Waals surface area (Å²) in [7, 11) is 3.82. The van der Waals surface area contributed by atoms with E-state index in [1.807, 2.05) is 27.7 Å². The van der Waals surface area contributed by atoms with Crippen molar-refractivity contribution in [3.05, 3.63) is 35.9 Å². The van der Waals surface area contributed by atoms with E-state index in [0.717, 1.165) is 29.7 Å². The first-order chi connectivity index (χ1) is 29.4. The second-order valence-electron chi connectivity index (χ2n) is 17.6. The fourth-order valence-corrected chi connectivity index (χ4v) is 7.42. The van der Waals surface area contributed by atoms with Gasteiger partial charge in [0.1, 0.15) is 36.3 Å². The first kappa shape index (κ1) is 53.9. The molecular formula is C45H68F3N7O8. The Morgan fingerprint density at radius 2 is 1.24 bits per heavy atom.